The van der Waals surface area contributed by atoms with Gasteiger partial charge in [-0.2, -0.15) is 0 Å². The molecule has 0 aliphatic carbocycles. The predicted octanol–water partition coefficient (Wildman–Crippen LogP) is 3.45. The number of carbonyl (C=O) groups is 2. The Labute approximate surface area is 195 Å². The molecule has 1 atom stereocenters. The van der Waals surface area contributed by atoms with E-state index in [1.165, 1.54) is 11.8 Å². The molecule has 33 heavy (non-hydrogen) atoms. The zero-order valence-corrected chi connectivity index (χ0v) is 20.8. The Morgan fingerprint density at radius 1 is 1.09 bits per heavy atom. The van der Waals surface area contributed by atoms with Gasteiger partial charge in [0, 0.05) is 26.6 Å². The first-order valence-electron chi connectivity index (χ1n) is 10.9. The molecule has 0 radical (unpaired) electrons. The van der Waals surface area contributed by atoms with Gasteiger partial charge in [-0.25, -0.2) is 9.48 Å². The standard InChI is InChI=1S/C24H36N4O5/c1-16(24(5,6)15-25-22(31)33-23(2,3)4)20(29)26-19-18(14-32-8)27(7)28(21(19)30)17-12-10-9-11-13-17/h9-13,16H,14-15H2,1-8H3,(H,25,31)(H,26,29). The van der Waals surface area contributed by atoms with E-state index in [9.17, 15) is 14.4 Å². The number of anilines is 1. The number of methoxy groups -OCH3 is 1. The van der Waals surface area contributed by atoms with Crippen LogP contribution in [0.15, 0.2) is 35.1 Å². The number of hydrogen-bond donors (Lipinski definition) is 2. The SMILES string of the molecule is COCc1c(NC(=O)C(C)C(C)(C)CNC(=O)OC(C)(C)C)c(=O)n(-c2ccccc2)n1C. The molecular weight excluding hydrogens is 424 g/mol. The Morgan fingerprint density at radius 3 is 2.24 bits per heavy atom. The number of ether oxygens (including phenoxy) is 2. The fraction of sp³-hybridized carbons (Fsp3) is 0.542. The van der Waals surface area contributed by atoms with Crippen molar-refractivity contribution in [2.45, 2.75) is 53.8 Å². The maximum atomic E-state index is 13.2. The highest BCUT2D eigenvalue weighted by Gasteiger charge is 2.34. The van der Waals surface area contributed by atoms with E-state index in [1.807, 2.05) is 44.2 Å². The van der Waals surface area contributed by atoms with Crippen LogP contribution in [0.1, 0.15) is 47.2 Å². The van der Waals surface area contributed by atoms with Gasteiger partial charge in [0.2, 0.25) is 5.91 Å². The van der Waals surface area contributed by atoms with Gasteiger partial charge in [-0.3, -0.25) is 14.3 Å². The molecular formula is C24H36N4O5. The lowest BCUT2D eigenvalue weighted by atomic mass is 9.79. The smallest absolute Gasteiger partial charge is 0.407 e. The van der Waals surface area contributed by atoms with E-state index in [-0.39, 0.29) is 30.3 Å². The molecule has 2 N–H and O–H groups in total. The second-order valence-corrected chi connectivity index (χ2v) is 9.79. The molecule has 9 nitrogen and oxygen atoms in total. The number of benzene rings is 1. The first-order valence-corrected chi connectivity index (χ1v) is 10.9. The van der Waals surface area contributed by atoms with Crippen molar-refractivity contribution in [1.82, 2.24) is 14.7 Å². The Bertz CT molecular complexity index is 1030. The molecule has 1 aromatic heterocycles. The molecule has 0 aliphatic heterocycles. The van der Waals surface area contributed by atoms with Crippen LogP contribution in [0.2, 0.25) is 0 Å². The van der Waals surface area contributed by atoms with E-state index in [0.717, 1.165) is 0 Å². The lowest BCUT2D eigenvalue weighted by Crippen LogP contribution is -2.43. The summed E-state index contributed by atoms with van der Waals surface area (Å²) < 4.78 is 13.7. The molecule has 1 unspecified atom stereocenters. The van der Waals surface area contributed by atoms with Crippen LogP contribution >= 0.6 is 0 Å². The van der Waals surface area contributed by atoms with E-state index in [1.54, 1.807) is 39.4 Å². The van der Waals surface area contributed by atoms with Crippen LogP contribution in [0.3, 0.4) is 0 Å². The zero-order valence-electron chi connectivity index (χ0n) is 20.8. The zero-order chi connectivity index (χ0) is 25.0. The second kappa shape index (κ2) is 10.2. The van der Waals surface area contributed by atoms with Gasteiger partial charge in [-0.1, -0.05) is 39.0 Å². The van der Waals surface area contributed by atoms with Crippen molar-refractivity contribution in [2.24, 2.45) is 18.4 Å². The average Bonchev–Trinajstić information content (AvgIpc) is 2.95. The van der Waals surface area contributed by atoms with Crippen molar-refractivity contribution in [3.63, 3.8) is 0 Å². The summed E-state index contributed by atoms with van der Waals surface area (Å²) in [6.45, 7) is 11.2. The molecule has 182 valence electrons. The number of amides is 2. The van der Waals surface area contributed by atoms with E-state index in [2.05, 4.69) is 10.6 Å². The average molecular weight is 461 g/mol. The van der Waals surface area contributed by atoms with Crippen LogP contribution in [0.4, 0.5) is 10.5 Å². The molecule has 2 aromatic rings. The summed E-state index contributed by atoms with van der Waals surface area (Å²) in [5.74, 6) is -0.848. The number of aromatic nitrogens is 2. The van der Waals surface area contributed by atoms with Crippen LogP contribution in [0.5, 0.6) is 0 Å². The molecule has 2 rings (SSSR count). The number of hydrogen-bond acceptors (Lipinski definition) is 5. The number of para-hydroxylation sites is 1. The Morgan fingerprint density at radius 2 is 1.70 bits per heavy atom. The van der Waals surface area contributed by atoms with Gasteiger partial charge in [0.05, 0.1) is 18.0 Å². The Hall–Kier alpha value is -3.07. The highest BCUT2D eigenvalue weighted by molar-refractivity contribution is 5.93. The fourth-order valence-electron chi connectivity index (χ4n) is 3.29. The number of rotatable bonds is 8. The molecule has 0 fully saturated rings. The van der Waals surface area contributed by atoms with Crippen molar-refractivity contribution < 1.29 is 19.1 Å². The molecule has 0 bridgehead atoms. The third-order valence-corrected chi connectivity index (χ3v) is 5.57. The summed E-state index contributed by atoms with van der Waals surface area (Å²) in [6, 6.07) is 9.18. The molecule has 0 saturated heterocycles. The molecule has 9 heteroatoms. The first kappa shape index (κ1) is 26.2. The highest BCUT2D eigenvalue weighted by atomic mass is 16.6. The quantitative estimate of drug-likeness (QED) is 0.628. The van der Waals surface area contributed by atoms with E-state index >= 15 is 0 Å². The molecule has 0 spiro atoms. The number of nitrogens with one attached hydrogen (secondary N) is 2. The van der Waals surface area contributed by atoms with E-state index < -0.39 is 23.0 Å². The highest BCUT2D eigenvalue weighted by Crippen LogP contribution is 2.28. The van der Waals surface area contributed by atoms with Crippen molar-refractivity contribution in [2.75, 3.05) is 19.0 Å². The van der Waals surface area contributed by atoms with Crippen molar-refractivity contribution in [3.8, 4) is 5.69 Å². The van der Waals surface area contributed by atoms with Crippen LogP contribution in [-0.4, -0.2) is 40.6 Å². The predicted molar refractivity (Wildman–Crippen MR) is 128 cm³/mol. The van der Waals surface area contributed by atoms with Crippen LogP contribution in [-0.2, 0) is 27.9 Å². The maximum Gasteiger partial charge on any atom is 0.407 e. The van der Waals surface area contributed by atoms with Crippen molar-refractivity contribution in [3.05, 3.63) is 46.4 Å². The number of carbonyl (C=O) groups excluding carboxylic acids is 2. The van der Waals surface area contributed by atoms with Crippen LogP contribution in [0.25, 0.3) is 5.69 Å². The van der Waals surface area contributed by atoms with Gasteiger partial charge in [-0.05, 0) is 38.3 Å². The first-order chi connectivity index (χ1) is 15.3. The van der Waals surface area contributed by atoms with E-state index in [0.29, 0.717) is 11.4 Å². The van der Waals surface area contributed by atoms with Crippen LogP contribution < -0.4 is 16.2 Å². The van der Waals surface area contributed by atoms with Crippen LogP contribution in [0, 0.1) is 11.3 Å². The molecule has 1 heterocycles. The molecule has 0 aliphatic rings. The summed E-state index contributed by atoms with van der Waals surface area (Å²) in [7, 11) is 3.28. The monoisotopic (exact) mass is 460 g/mol. The van der Waals surface area contributed by atoms with Crippen molar-refractivity contribution >= 4 is 17.7 Å². The Kier molecular flexibility index (Phi) is 8.13. The minimum atomic E-state index is -0.610. The number of alkyl carbamates (subject to hydrolysis) is 1. The summed E-state index contributed by atoms with van der Waals surface area (Å²) in [5.41, 5.74) is -0.150. The third-order valence-electron chi connectivity index (χ3n) is 5.57. The van der Waals surface area contributed by atoms with E-state index in [4.69, 9.17) is 9.47 Å². The molecule has 1 aromatic carbocycles. The van der Waals surface area contributed by atoms with Gasteiger partial charge < -0.3 is 20.1 Å². The normalized spacial score (nSPS) is 12.8. The van der Waals surface area contributed by atoms with Gasteiger partial charge in [0.25, 0.3) is 5.56 Å². The van der Waals surface area contributed by atoms with Crippen molar-refractivity contribution in [1.29, 1.82) is 0 Å². The van der Waals surface area contributed by atoms with Gasteiger partial charge in [0.15, 0.2) is 0 Å². The largest absolute Gasteiger partial charge is 0.444 e. The molecule has 2 amide bonds. The lowest BCUT2D eigenvalue weighted by Gasteiger charge is -2.31. The summed E-state index contributed by atoms with van der Waals surface area (Å²) in [6.07, 6.45) is -0.542. The molecule has 0 saturated carbocycles. The Balaban J connectivity index is 2.24. The fourth-order valence-corrected chi connectivity index (χ4v) is 3.29. The maximum absolute atomic E-state index is 13.2. The second-order valence-electron chi connectivity index (χ2n) is 9.79. The summed E-state index contributed by atoms with van der Waals surface area (Å²) in [4.78, 5) is 38.4. The third kappa shape index (κ3) is 6.47. The minimum Gasteiger partial charge on any atom is -0.444 e. The summed E-state index contributed by atoms with van der Waals surface area (Å²) in [5, 5.41) is 5.54. The minimum absolute atomic E-state index is 0.152. The summed E-state index contributed by atoms with van der Waals surface area (Å²) >= 11 is 0. The topological polar surface area (TPSA) is 104 Å². The number of nitrogens with zero attached hydrogens (tertiary/aromatic N) is 2. The van der Waals surface area contributed by atoms with Gasteiger partial charge >= 0.3 is 6.09 Å². The van der Waals surface area contributed by atoms with Gasteiger partial charge in [0.1, 0.15) is 11.3 Å². The lowest BCUT2D eigenvalue weighted by molar-refractivity contribution is -0.122. The van der Waals surface area contributed by atoms with Gasteiger partial charge in [-0.15, -0.1) is 0 Å².